The normalized spacial score (nSPS) is 17.7. The smallest absolute Gasteiger partial charge is 0.165 e. The lowest BCUT2D eigenvalue weighted by Gasteiger charge is -2.20. The summed E-state index contributed by atoms with van der Waals surface area (Å²) in [5.74, 6) is 0.865. The third kappa shape index (κ3) is 1.44. The van der Waals surface area contributed by atoms with E-state index in [0.29, 0.717) is 17.0 Å². The maximum absolute atomic E-state index is 11.8. The van der Waals surface area contributed by atoms with E-state index in [1.807, 2.05) is 19.9 Å². The second-order valence-corrected chi connectivity index (χ2v) is 4.89. The van der Waals surface area contributed by atoms with Gasteiger partial charge in [-0.2, -0.15) is 0 Å². The Bertz CT molecular complexity index is 435. The van der Waals surface area contributed by atoms with Crippen LogP contribution in [0.4, 0.5) is 0 Å². The molecule has 0 spiro atoms. The molecule has 0 saturated carbocycles. The predicted molar refractivity (Wildman–Crippen MR) is 60.0 cm³/mol. The van der Waals surface area contributed by atoms with Crippen LogP contribution in [0.3, 0.4) is 0 Å². The number of hydrogen-bond acceptors (Lipinski definition) is 2. The van der Waals surface area contributed by atoms with Crippen molar-refractivity contribution in [3.63, 3.8) is 0 Å². The number of Topliss-reactive ketones (excluding diaryl/α,β-unsaturated/α-hetero) is 1. The molecule has 1 aliphatic rings. The van der Waals surface area contributed by atoms with Crippen LogP contribution in [-0.4, -0.2) is 12.9 Å². The first kappa shape index (κ1) is 10.5. The molecule has 0 radical (unpaired) electrons. The van der Waals surface area contributed by atoms with Crippen molar-refractivity contribution in [2.75, 3.05) is 7.11 Å². The average molecular weight is 225 g/mol. The van der Waals surface area contributed by atoms with Gasteiger partial charge < -0.3 is 4.74 Å². The van der Waals surface area contributed by atoms with E-state index in [1.54, 1.807) is 13.2 Å². The molecule has 0 fully saturated rings. The zero-order chi connectivity index (χ0) is 11.2. The summed E-state index contributed by atoms with van der Waals surface area (Å²) >= 11 is 6.04. The summed E-state index contributed by atoms with van der Waals surface area (Å²) in [6, 6.07) is 3.54. The Balaban J connectivity index is 2.77. The van der Waals surface area contributed by atoms with Gasteiger partial charge in [0.25, 0.3) is 0 Å². The molecule has 1 aromatic rings. The van der Waals surface area contributed by atoms with Gasteiger partial charge in [0, 0.05) is 23.0 Å². The molecule has 0 saturated heterocycles. The van der Waals surface area contributed by atoms with Gasteiger partial charge in [-0.1, -0.05) is 25.4 Å². The standard InChI is InChI=1S/C12H13ClO2/c1-12(2)6-8(14)10-7(13)4-5-9(15-3)11(10)12/h4-5H,6H2,1-3H3. The second kappa shape index (κ2) is 3.24. The van der Waals surface area contributed by atoms with E-state index in [9.17, 15) is 4.79 Å². The predicted octanol–water partition coefficient (Wildman–Crippen LogP) is 3.21. The molecule has 0 unspecified atom stereocenters. The van der Waals surface area contributed by atoms with Gasteiger partial charge in [-0.15, -0.1) is 0 Å². The first-order valence-electron chi connectivity index (χ1n) is 4.87. The van der Waals surface area contributed by atoms with Crippen LogP contribution in [-0.2, 0) is 5.41 Å². The topological polar surface area (TPSA) is 26.3 Å². The van der Waals surface area contributed by atoms with Crippen molar-refractivity contribution in [1.29, 1.82) is 0 Å². The van der Waals surface area contributed by atoms with Crippen LogP contribution in [0.1, 0.15) is 36.2 Å². The van der Waals surface area contributed by atoms with Gasteiger partial charge in [0.05, 0.1) is 12.1 Å². The highest BCUT2D eigenvalue weighted by Gasteiger charge is 2.39. The Morgan fingerprint density at radius 1 is 1.40 bits per heavy atom. The van der Waals surface area contributed by atoms with Crippen LogP contribution in [0.15, 0.2) is 12.1 Å². The fourth-order valence-electron chi connectivity index (χ4n) is 2.25. The van der Waals surface area contributed by atoms with Crippen LogP contribution in [0, 0.1) is 0 Å². The number of hydrogen-bond donors (Lipinski definition) is 0. The number of ketones is 1. The fourth-order valence-corrected chi connectivity index (χ4v) is 2.51. The van der Waals surface area contributed by atoms with Gasteiger partial charge in [-0.25, -0.2) is 0 Å². The minimum Gasteiger partial charge on any atom is -0.496 e. The molecule has 1 aromatic carbocycles. The highest BCUT2D eigenvalue weighted by molar-refractivity contribution is 6.34. The molecule has 2 nitrogen and oxygen atoms in total. The molecule has 0 N–H and O–H groups in total. The molecule has 3 heteroatoms. The highest BCUT2D eigenvalue weighted by Crippen LogP contribution is 2.46. The lowest BCUT2D eigenvalue weighted by molar-refractivity contribution is 0.0979. The van der Waals surface area contributed by atoms with Crippen molar-refractivity contribution in [2.45, 2.75) is 25.7 Å². The second-order valence-electron chi connectivity index (χ2n) is 4.48. The molecule has 0 aliphatic heterocycles. The first-order valence-corrected chi connectivity index (χ1v) is 5.25. The minimum absolute atomic E-state index is 0.110. The third-order valence-electron chi connectivity index (χ3n) is 2.89. The molecule has 0 aromatic heterocycles. The molecule has 2 rings (SSSR count). The quantitative estimate of drug-likeness (QED) is 0.732. The summed E-state index contributed by atoms with van der Waals surface area (Å²) in [5, 5.41) is 0.529. The van der Waals surface area contributed by atoms with Crippen LogP contribution in [0.2, 0.25) is 5.02 Å². The lowest BCUT2D eigenvalue weighted by atomic mass is 9.86. The number of halogens is 1. The van der Waals surface area contributed by atoms with E-state index >= 15 is 0 Å². The lowest BCUT2D eigenvalue weighted by Crippen LogP contribution is -2.13. The van der Waals surface area contributed by atoms with Crippen molar-refractivity contribution >= 4 is 17.4 Å². The molecule has 0 atom stereocenters. The maximum Gasteiger partial charge on any atom is 0.165 e. The summed E-state index contributed by atoms with van der Waals surface area (Å²) in [4.78, 5) is 11.8. The molecule has 80 valence electrons. The summed E-state index contributed by atoms with van der Waals surface area (Å²) in [7, 11) is 1.61. The average Bonchev–Trinajstić information content (AvgIpc) is 2.39. The van der Waals surface area contributed by atoms with E-state index in [1.165, 1.54) is 0 Å². The molecule has 0 bridgehead atoms. The van der Waals surface area contributed by atoms with E-state index < -0.39 is 0 Å². The Morgan fingerprint density at radius 3 is 2.67 bits per heavy atom. The van der Waals surface area contributed by atoms with Crippen LogP contribution >= 0.6 is 11.6 Å². The van der Waals surface area contributed by atoms with E-state index in [0.717, 1.165) is 11.3 Å². The zero-order valence-electron chi connectivity index (χ0n) is 9.06. The van der Waals surface area contributed by atoms with Crippen LogP contribution < -0.4 is 4.74 Å². The largest absolute Gasteiger partial charge is 0.496 e. The van der Waals surface area contributed by atoms with Gasteiger partial charge in [-0.05, 0) is 12.1 Å². The summed E-state index contributed by atoms with van der Waals surface area (Å²) in [6.45, 7) is 4.07. The van der Waals surface area contributed by atoms with E-state index in [4.69, 9.17) is 16.3 Å². The number of carbonyl (C=O) groups excluding carboxylic acids is 1. The zero-order valence-corrected chi connectivity index (χ0v) is 9.81. The third-order valence-corrected chi connectivity index (χ3v) is 3.21. The molecule has 1 aliphatic carbocycles. The summed E-state index contributed by atoms with van der Waals surface area (Å²) < 4.78 is 5.29. The van der Waals surface area contributed by atoms with Gasteiger partial charge in [-0.3, -0.25) is 4.79 Å². The van der Waals surface area contributed by atoms with E-state index in [2.05, 4.69) is 0 Å². The van der Waals surface area contributed by atoms with Crippen molar-refractivity contribution < 1.29 is 9.53 Å². The SMILES string of the molecule is COc1ccc(Cl)c2c1C(C)(C)CC2=O. The number of benzene rings is 1. The van der Waals surface area contributed by atoms with Crippen molar-refractivity contribution in [3.8, 4) is 5.75 Å². The number of carbonyl (C=O) groups is 1. The first-order chi connectivity index (χ1) is 6.97. The van der Waals surface area contributed by atoms with Crippen molar-refractivity contribution in [1.82, 2.24) is 0 Å². The van der Waals surface area contributed by atoms with Gasteiger partial charge in [0.2, 0.25) is 0 Å². The Hall–Kier alpha value is -1.02. The Labute approximate surface area is 94.2 Å². The van der Waals surface area contributed by atoms with Gasteiger partial charge in [0.15, 0.2) is 5.78 Å². The molecule has 0 heterocycles. The van der Waals surface area contributed by atoms with Crippen LogP contribution in [0.5, 0.6) is 5.75 Å². The van der Waals surface area contributed by atoms with E-state index in [-0.39, 0.29) is 11.2 Å². The Morgan fingerprint density at radius 2 is 2.07 bits per heavy atom. The number of ether oxygens (including phenoxy) is 1. The molecule has 0 amide bonds. The number of rotatable bonds is 1. The highest BCUT2D eigenvalue weighted by atomic mass is 35.5. The molecular formula is C12H13ClO2. The number of fused-ring (bicyclic) bond motifs is 1. The fraction of sp³-hybridized carbons (Fsp3) is 0.417. The van der Waals surface area contributed by atoms with Gasteiger partial charge in [0.1, 0.15) is 5.75 Å². The summed E-state index contributed by atoms with van der Waals surface area (Å²) in [6.07, 6.45) is 0.502. The minimum atomic E-state index is -0.178. The van der Waals surface area contributed by atoms with Crippen molar-refractivity contribution in [3.05, 3.63) is 28.3 Å². The van der Waals surface area contributed by atoms with Crippen molar-refractivity contribution in [2.24, 2.45) is 0 Å². The Kier molecular flexibility index (Phi) is 2.27. The number of methoxy groups -OCH3 is 1. The monoisotopic (exact) mass is 224 g/mol. The molecular weight excluding hydrogens is 212 g/mol. The maximum atomic E-state index is 11.8. The van der Waals surface area contributed by atoms with Crippen LogP contribution in [0.25, 0.3) is 0 Å². The molecule has 15 heavy (non-hydrogen) atoms. The summed E-state index contributed by atoms with van der Waals surface area (Å²) in [5.41, 5.74) is 1.41. The van der Waals surface area contributed by atoms with Gasteiger partial charge >= 0.3 is 0 Å².